The Morgan fingerprint density at radius 2 is 2.06 bits per heavy atom. The minimum Gasteiger partial charge on any atom is -0.370 e. The Hall–Kier alpha value is -2.02. The van der Waals surface area contributed by atoms with Gasteiger partial charge in [0.15, 0.2) is 5.96 Å². The van der Waals surface area contributed by atoms with E-state index in [-0.39, 0.29) is 6.04 Å². The Bertz CT molecular complexity index is 403. The second-order valence-corrected chi connectivity index (χ2v) is 3.98. The van der Waals surface area contributed by atoms with Gasteiger partial charge in [-0.3, -0.25) is 4.99 Å². The van der Waals surface area contributed by atoms with E-state index in [0.29, 0.717) is 18.9 Å². The highest BCUT2D eigenvalue weighted by molar-refractivity contribution is 5.94. The number of anilines is 1. The Balaban J connectivity index is 2.93. The number of aliphatic imine (C=N–C) groups is 1. The van der Waals surface area contributed by atoms with Crippen LogP contribution in [0.25, 0.3) is 0 Å². The number of hydrogen-bond donors (Lipinski definition) is 1. The SMILES string of the molecule is CC(C)N=C(N)N(CCC#N)c1ccccc1. The Labute approximate surface area is 102 Å². The van der Waals surface area contributed by atoms with Gasteiger partial charge in [0.2, 0.25) is 0 Å². The normalized spacial score (nSPS) is 11.3. The van der Waals surface area contributed by atoms with Crippen molar-refractivity contribution in [2.45, 2.75) is 26.3 Å². The lowest BCUT2D eigenvalue weighted by molar-refractivity contribution is 0.820. The van der Waals surface area contributed by atoms with Crippen molar-refractivity contribution < 1.29 is 0 Å². The fraction of sp³-hybridized carbons (Fsp3) is 0.385. The summed E-state index contributed by atoms with van der Waals surface area (Å²) in [6.07, 6.45) is 0.420. The maximum atomic E-state index is 8.67. The van der Waals surface area contributed by atoms with Crippen LogP contribution in [-0.4, -0.2) is 18.5 Å². The zero-order chi connectivity index (χ0) is 12.7. The van der Waals surface area contributed by atoms with Gasteiger partial charge in [-0.05, 0) is 26.0 Å². The second-order valence-electron chi connectivity index (χ2n) is 3.98. The van der Waals surface area contributed by atoms with Crippen LogP contribution in [-0.2, 0) is 0 Å². The van der Waals surface area contributed by atoms with Crippen molar-refractivity contribution in [3.05, 3.63) is 30.3 Å². The highest BCUT2D eigenvalue weighted by atomic mass is 15.3. The number of hydrogen-bond acceptors (Lipinski definition) is 2. The summed E-state index contributed by atoms with van der Waals surface area (Å²) in [6, 6.07) is 12.0. The highest BCUT2D eigenvalue weighted by Crippen LogP contribution is 2.13. The maximum absolute atomic E-state index is 8.67. The van der Waals surface area contributed by atoms with E-state index < -0.39 is 0 Å². The number of para-hydroxylation sites is 1. The molecule has 0 aliphatic heterocycles. The van der Waals surface area contributed by atoms with Gasteiger partial charge in [-0.2, -0.15) is 5.26 Å². The van der Waals surface area contributed by atoms with Crippen LogP contribution in [0.2, 0.25) is 0 Å². The van der Waals surface area contributed by atoms with Gasteiger partial charge in [-0.15, -0.1) is 0 Å². The van der Waals surface area contributed by atoms with Gasteiger partial charge < -0.3 is 10.6 Å². The average molecular weight is 230 g/mol. The predicted molar refractivity (Wildman–Crippen MR) is 70.8 cm³/mol. The molecule has 90 valence electrons. The van der Waals surface area contributed by atoms with E-state index >= 15 is 0 Å². The summed E-state index contributed by atoms with van der Waals surface area (Å²) in [4.78, 5) is 6.18. The predicted octanol–water partition coefficient (Wildman–Crippen LogP) is 2.13. The summed E-state index contributed by atoms with van der Waals surface area (Å²) >= 11 is 0. The molecule has 0 spiro atoms. The van der Waals surface area contributed by atoms with Crippen molar-refractivity contribution in [1.29, 1.82) is 5.26 Å². The first-order valence-electron chi connectivity index (χ1n) is 5.68. The maximum Gasteiger partial charge on any atom is 0.196 e. The molecule has 2 N–H and O–H groups in total. The van der Waals surface area contributed by atoms with Crippen LogP contribution in [0.3, 0.4) is 0 Å². The summed E-state index contributed by atoms with van der Waals surface area (Å²) in [5.74, 6) is 0.460. The smallest absolute Gasteiger partial charge is 0.196 e. The molecule has 1 aromatic rings. The van der Waals surface area contributed by atoms with Gasteiger partial charge in [-0.1, -0.05) is 18.2 Å². The third-order valence-corrected chi connectivity index (χ3v) is 2.18. The van der Waals surface area contributed by atoms with E-state index in [1.807, 2.05) is 49.1 Å². The highest BCUT2D eigenvalue weighted by Gasteiger charge is 2.10. The molecule has 0 atom stereocenters. The van der Waals surface area contributed by atoms with Gasteiger partial charge in [0.25, 0.3) is 0 Å². The number of rotatable bonds is 4. The first-order valence-corrected chi connectivity index (χ1v) is 5.68. The third-order valence-electron chi connectivity index (χ3n) is 2.18. The Morgan fingerprint density at radius 3 is 2.59 bits per heavy atom. The Kier molecular flexibility index (Phi) is 5.02. The molecular formula is C13H18N4. The lowest BCUT2D eigenvalue weighted by Gasteiger charge is -2.23. The fourth-order valence-electron chi connectivity index (χ4n) is 1.48. The summed E-state index contributed by atoms with van der Waals surface area (Å²) < 4.78 is 0. The molecule has 0 amide bonds. The van der Waals surface area contributed by atoms with E-state index in [0.717, 1.165) is 5.69 Å². The molecule has 1 rings (SSSR count). The number of guanidine groups is 1. The molecule has 0 radical (unpaired) electrons. The number of nitrogens with zero attached hydrogens (tertiary/aromatic N) is 3. The molecule has 0 saturated carbocycles. The first-order chi connectivity index (χ1) is 8.15. The van der Waals surface area contributed by atoms with Crippen molar-refractivity contribution in [3.8, 4) is 6.07 Å². The van der Waals surface area contributed by atoms with Crippen molar-refractivity contribution in [3.63, 3.8) is 0 Å². The van der Waals surface area contributed by atoms with E-state index in [1.165, 1.54) is 0 Å². The molecule has 0 heterocycles. The Morgan fingerprint density at radius 1 is 1.41 bits per heavy atom. The molecule has 0 fully saturated rings. The van der Waals surface area contributed by atoms with Crippen molar-refractivity contribution in [2.75, 3.05) is 11.4 Å². The fourth-order valence-corrected chi connectivity index (χ4v) is 1.48. The molecule has 0 aromatic heterocycles. The number of nitriles is 1. The van der Waals surface area contributed by atoms with Crippen LogP contribution in [0.1, 0.15) is 20.3 Å². The van der Waals surface area contributed by atoms with Crippen LogP contribution in [0, 0.1) is 11.3 Å². The molecule has 0 saturated heterocycles. The van der Waals surface area contributed by atoms with E-state index in [9.17, 15) is 0 Å². The first kappa shape index (κ1) is 13.0. The third kappa shape index (κ3) is 4.15. The summed E-state index contributed by atoms with van der Waals surface area (Å²) in [5, 5.41) is 8.67. The average Bonchev–Trinajstić information content (AvgIpc) is 2.30. The van der Waals surface area contributed by atoms with Gasteiger partial charge in [0, 0.05) is 18.3 Å². The monoisotopic (exact) mass is 230 g/mol. The van der Waals surface area contributed by atoms with Crippen LogP contribution in [0.5, 0.6) is 0 Å². The minimum absolute atomic E-state index is 0.142. The van der Waals surface area contributed by atoms with Gasteiger partial charge >= 0.3 is 0 Å². The van der Waals surface area contributed by atoms with E-state index in [2.05, 4.69) is 11.1 Å². The second kappa shape index (κ2) is 6.54. The van der Waals surface area contributed by atoms with Gasteiger partial charge in [-0.25, -0.2) is 0 Å². The zero-order valence-electron chi connectivity index (χ0n) is 10.3. The van der Waals surface area contributed by atoms with Crippen LogP contribution >= 0.6 is 0 Å². The quantitative estimate of drug-likeness (QED) is 0.636. The summed E-state index contributed by atoms with van der Waals surface area (Å²) in [5.41, 5.74) is 6.92. The summed E-state index contributed by atoms with van der Waals surface area (Å²) in [6.45, 7) is 4.50. The minimum atomic E-state index is 0.142. The van der Waals surface area contributed by atoms with E-state index in [4.69, 9.17) is 11.0 Å². The van der Waals surface area contributed by atoms with Crippen LogP contribution < -0.4 is 10.6 Å². The van der Waals surface area contributed by atoms with Crippen LogP contribution in [0.4, 0.5) is 5.69 Å². The van der Waals surface area contributed by atoms with E-state index in [1.54, 1.807) is 0 Å². The standard InChI is InChI=1S/C13H18N4/c1-11(2)16-13(15)17(10-6-9-14)12-7-4-3-5-8-12/h3-5,7-8,11H,6,10H2,1-2H3,(H2,15,16). The summed E-state index contributed by atoms with van der Waals surface area (Å²) in [7, 11) is 0. The molecule has 17 heavy (non-hydrogen) atoms. The molecule has 4 heteroatoms. The largest absolute Gasteiger partial charge is 0.370 e. The topological polar surface area (TPSA) is 65.4 Å². The molecule has 0 aliphatic rings. The van der Waals surface area contributed by atoms with Crippen molar-refractivity contribution in [1.82, 2.24) is 0 Å². The number of nitrogens with two attached hydrogens (primary N) is 1. The molecule has 0 aliphatic carbocycles. The molecule has 1 aromatic carbocycles. The molecular weight excluding hydrogens is 212 g/mol. The lowest BCUT2D eigenvalue weighted by atomic mass is 10.3. The zero-order valence-corrected chi connectivity index (χ0v) is 10.3. The van der Waals surface area contributed by atoms with Gasteiger partial charge in [0.1, 0.15) is 0 Å². The van der Waals surface area contributed by atoms with Crippen molar-refractivity contribution >= 4 is 11.6 Å². The van der Waals surface area contributed by atoms with Crippen LogP contribution in [0.15, 0.2) is 35.3 Å². The molecule has 4 nitrogen and oxygen atoms in total. The number of benzene rings is 1. The molecule has 0 bridgehead atoms. The molecule has 0 unspecified atom stereocenters. The lowest BCUT2D eigenvalue weighted by Crippen LogP contribution is -2.38. The van der Waals surface area contributed by atoms with Crippen molar-refractivity contribution in [2.24, 2.45) is 10.7 Å². The van der Waals surface area contributed by atoms with Gasteiger partial charge in [0.05, 0.1) is 12.5 Å².